The number of aryl methyl sites for hydroxylation is 2. The summed E-state index contributed by atoms with van der Waals surface area (Å²) in [6.45, 7) is 10.3. The highest BCUT2D eigenvalue weighted by atomic mass is 32.1. The molecule has 5 aromatic rings. The number of rotatable bonds is 9. The average molecular weight is 598 g/mol. The summed E-state index contributed by atoms with van der Waals surface area (Å²) in [5.41, 5.74) is 7.30. The SMILES string of the molecule is CCOC(=O)C[C@@H](c1cc(CN2C[C@@H](CC)Oc3cccnc3C2CC)c2sccc2c1)c1ccc2c(nnn2C)c1C. The Bertz CT molecular complexity index is 1760. The van der Waals surface area contributed by atoms with Gasteiger partial charge in [0.05, 0.1) is 30.3 Å². The van der Waals surface area contributed by atoms with Crippen LogP contribution < -0.4 is 4.74 Å². The lowest BCUT2D eigenvalue weighted by Crippen LogP contribution is -2.35. The standard InChI is InChI=1S/C34H39N5O3S/c1-6-25-20-39(28(7-2)33-30(42-25)10-9-14-35-33)19-24-17-23(16-22-13-15-43-34(22)24)27(18-31(40)41-8-3)26-11-12-29-32(21(26)4)36-37-38(29)5/h9-17,25,27-28H,6-8,18-20H2,1-5H3/t25-,27+,28?/m1/s1. The molecule has 4 heterocycles. The minimum absolute atomic E-state index is 0.0828. The van der Waals surface area contributed by atoms with Gasteiger partial charge in [0.2, 0.25) is 0 Å². The molecule has 1 aliphatic rings. The fraction of sp³-hybridized carbons (Fsp3) is 0.412. The van der Waals surface area contributed by atoms with Crippen molar-refractivity contribution in [3.8, 4) is 5.75 Å². The van der Waals surface area contributed by atoms with Crippen molar-refractivity contribution in [3.05, 3.63) is 82.0 Å². The van der Waals surface area contributed by atoms with Crippen LogP contribution in [0.2, 0.25) is 0 Å². The van der Waals surface area contributed by atoms with E-state index in [0.717, 1.165) is 65.1 Å². The molecule has 43 heavy (non-hydrogen) atoms. The number of ether oxygens (including phenoxy) is 2. The van der Waals surface area contributed by atoms with Crippen LogP contribution >= 0.6 is 11.3 Å². The Labute approximate surface area is 256 Å². The van der Waals surface area contributed by atoms with E-state index in [-0.39, 0.29) is 30.5 Å². The maximum atomic E-state index is 13.0. The molecule has 224 valence electrons. The Morgan fingerprint density at radius 2 is 2.02 bits per heavy atom. The van der Waals surface area contributed by atoms with Crippen LogP contribution in [0.15, 0.2) is 54.0 Å². The van der Waals surface area contributed by atoms with E-state index in [1.165, 1.54) is 15.6 Å². The minimum atomic E-state index is -0.206. The summed E-state index contributed by atoms with van der Waals surface area (Å²) in [5.74, 6) is 0.499. The molecular formula is C34H39N5O3S. The van der Waals surface area contributed by atoms with E-state index in [1.54, 1.807) is 16.0 Å². The van der Waals surface area contributed by atoms with Crippen molar-refractivity contribution in [2.75, 3.05) is 13.2 Å². The molecule has 3 aromatic heterocycles. The van der Waals surface area contributed by atoms with Crippen LogP contribution in [-0.4, -0.2) is 50.1 Å². The predicted octanol–water partition coefficient (Wildman–Crippen LogP) is 7.10. The van der Waals surface area contributed by atoms with Gasteiger partial charge in [-0.3, -0.25) is 14.7 Å². The van der Waals surface area contributed by atoms with Gasteiger partial charge in [0.15, 0.2) is 0 Å². The first-order valence-corrected chi connectivity index (χ1v) is 16.1. The van der Waals surface area contributed by atoms with Gasteiger partial charge >= 0.3 is 5.97 Å². The molecule has 0 radical (unpaired) electrons. The Balaban J connectivity index is 1.45. The number of hydrogen-bond donors (Lipinski definition) is 0. The lowest BCUT2D eigenvalue weighted by Gasteiger charge is -2.30. The van der Waals surface area contributed by atoms with E-state index >= 15 is 0 Å². The average Bonchev–Trinajstić information content (AvgIpc) is 3.60. The molecule has 0 aliphatic carbocycles. The van der Waals surface area contributed by atoms with E-state index in [2.05, 4.69) is 71.7 Å². The molecule has 0 spiro atoms. The Morgan fingerprint density at radius 1 is 1.16 bits per heavy atom. The molecule has 0 fully saturated rings. The van der Waals surface area contributed by atoms with Crippen LogP contribution in [0.1, 0.15) is 79.9 Å². The summed E-state index contributed by atoms with van der Waals surface area (Å²) in [6.07, 6.45) is 4.05. The molecule has 9 heteroatoms. The Kier molecular flexibility index (Phi) is 8.45. The van der Waals surface area contributed by atoms with Crippen molar-refractivity contribution in [2.45, 2.75) is 71.6 Å². The van der Waals surface area contributed by atoms with E-state index in [0.29, 0.717) is 6.61 Å². The smallest absolute Gasteiger partial charge is 0.306 e. The van der Waals surface area contributed by atoms with Crippen molar-refractivity contribution >= 4 is 38.4 Å². The van der Waals surface area contributed by atoms with Crippen molar-refractivity contribution in [1.29, 1.82) is 0 Å². The highest BCUT2D eigenvalue weighted by Gasteiger charge is 2.31. The predicted molar refractivity (Wildman–Crippen MR) is 171 cm³/mol. The number of thiophene rings is 1. The van der Waals surface area contributed by atoms with E-state index in [1.807, 2.05) is 32.3 Å². The van der Waals surface area contributed by atoms with E-state index in [4.69, 9.17) is 14.5 Å². The summed E-state index contributed by atoms with van der Waals surface area (Å²) < 4.78 is 15.0. The third kappa shape index (κ3) is 5.63. The van der Waals surface area contributed by atoms with Crippen molar-refractivity contribution < 1.29 is 14.3 Å². The van der Waals surface area contributed by atoms with Gasteiger partial charge in [-0.15, -0.1) is 16.4 Å². The highest BCUT2D eigenvalue weighted by molar-refractivity contribution is 7.17. The van der Waals surface area contributed by atoms with Crippen molar-refractivity contribution in [3.63, 3.8) is 0 Å². The lowest BCUT2D eigenvalue weighted by atomic mass is 9.84. The summed E-state index contributed by atoms with van der Waals surface area (Å²) in [5, 5.41) is 12.0. The van der Waals surface area contributed by atoms with Crippen LogP contribution in [-0.2, 0) is 23.1 Å². The molecule has 0 bridgehead atoms. The molecule has 0 saturated carbocycles. The third-order valence-electron chi connectivity index (χ3n) is 8.69. The molecule has 8 nitrogen and oxygen atoms in total. The van der Waals surface area contributed by atoms with Gasteiger partial charge in [-0.25, -0.2) is 4.68 Å². The minimum Gasteiger partial charge on any atom is -0.487 e. The maximum absolute atomic E-state index is 13.0. The monoisotopic (exact) mass is 597 g/mol. The summed E-state index contributed by atoms with van der Waals surface area (Å²) in [4.78, 5) is 20.3. The second-order valence-corrected chi connectivity index (χ2v) is 12.2. The molecule has 6 rings (SSSR count). The van der Waals surface area contributed by atoms with Crippen LogP contribution in [0.25, 0.3) is 21.1 Å². The fourth-order valence-electron chi connectivity index (χ4n) is 6.51. The third-order valence-corrected chi connectivity index (χ3v) is 9.69. The molecular weight excluding hydrogens is 558 g/mol. The second kappa shape index (κ2) is 12.4. The maximum Gasteiger partial charge on any atom is 0.306 e. The second-order valence-electron chi connectivity index (χ2n) is 11.3. The fourth-order valence-corrected chi connectivity index (χ4v) is 7.40. The molecule has 3 atom stereocenters. The number of esters is 1. The first-order valence-electron chi connectivity index (χ1n) is 15.2. The van der Waals surface area contributed by atoms with Gasteiger partial charge < -0.3 is 9.47 Å². The van der Waals surface area contributed by atoms with E-state index in [9.17, 15) is 4.79 Å². The number of aromatic nitrogens is 4. The number of pyridine rings is 1. The molecule has 0 N–H and O–H groups in total. The van der Waals surface area contributed by atoms with Gasteiger partial charge in [0.25, 0.3) is 0 Å². The van der Waals surface area contributed by atoms with Gasteiger partial charge in [-0.05, 0) is 90.0 Å². The molecule has 0 saturated heterocycles. The largest absolute Gasteiger partial charge is 0.487 e. The molecule has 2 aromatic carbocycles. The number of hydrogen-bond acceptors (Lipinski definition) is 8. The van der Waals surface area contributed by atoms with Crippen LogP contribution in [0.5, 0.6) is 5.75 Å². The first kappa shape index (κ1) is 29.3. The highest BCUT2D eigenvalue weighted by Crippen LogP contribution is 2.40. The normalized spacial score (nSPS) is 17.9. The molecule has 1 unspecified atom stereocenters. The number of benzene rings is 2. The van der Waals surface area contributed by atoms with Gasteiger partial charge in [0.1, 0.15) is 17.4 Å². The summed E-state index contributed by atoms with van der Waals surface area (Å²) in [6, 6.07) is 15.1. The summed E-state index contributed by atoms with van der Waals surface area (Å²) in [7, 11) is 1.90. The van der Waals surface area contributed by atoms with Gasteiger partial charge in [-0.2, -0.15) is 0 Å². The zero-order valence-electron chi connectivity index (χ0n) is 25.5. The lowest BCUT2D eigenvalue weighted by molar-refractivity contribution is -0.143. The van der Waals surface area contributed by atoms with Gasteiger partial charge in [-0.1, -0.05) is 31.2 Å². The van der Waals surface area contributed by atoms with Crippen molar-refractivity contribution in [1.82, 2.24) is 24.9 Å². The quantitative estimate of drug-likeness (QED) is 0.168. The first-order chi connectivity index (χ1) is 20.9. The zero-order valence-corrected chi connectivity index (χ0v) is 26.4. The van der Waals surface area contributed by atoms with Crippen LogP contribution in [0.3, 0.4) is 0 Å². The number of carbonyl (C=O) groups excluding carboxylic acids is 1. The number of fused-ring (bicyclic) bond motifs is 3. The molecule has 0 amide bonds. The zero-order chi connectivity index (χ0) is 30.1. The van der Waals surface area contributed by atoms with Crippen LogP contribution in [0.4, 0.5) is 0 Å². The topological polar surface area (TPSA) is 82.4 Å². The summed E-state index contributed by atoms with van der Waals surface area (Å²) >= 11 is 1.77. The van der Waals surface area contributed by atoms with Crippen LogP contribution in [0, 0.1) is 6.92 Å². The van der Waals surface area contributed by atoms with E-state index < -0.39 is 0 Å². The number of nitrogens with zero attached hydrogens (tertiary/aromatic N) is 5. The molecule has 1 aliphatic heterocycles. The van der Waals surface area contributed by atoms with Gasteiger partial charge in [0, 0.05) is 37.0 Å². The van der Waals surface area contributed by atoms with Crippen molar-refractivity contribution in [2.24, 2.45) is 7.05 Å². The Hall–Kier alpha value is -3.82. The number of carbonyl (C=O) groups is 1. The Morgan fingerprint density at radius 3 is 2.81 bits per heavy atom.